The number of nitrogens with one attached hydrogen (secondary N) is 1. The van der Waals surface area contributed by atoms with Gasteiger partial charge in [-0.2, -0.15) is 4.98 Å². The summed E-state index contributed by atoms with van der Waals surface area (Å²) in [6, 6.07) is 6.13. The van der Waals surface area contributed by atoms with Crippen molar-refractivity contribution in [1.82, 2.24) is 15.5 Å². The van der Waals surface area contributed by atoms with Crippen LogP contribution in [0.25, 0.3) is 0 Å². The normalized spacial score (nSPS) is 14.7. The van der Waals surface area contributed by atoms with Gasteiger partial charge >= 0.3 is 0 Å². The molecule has 2 aromatic rings. The standard InChI is InChI=1S/C14H15Cl2N3O/c15-11-2-1-3-12(16)10(11)8-13-18-14(20-19-13)6-7-17-9-4-5-9/h1-3,9,17H,4-8H2. The minimum atomic E-state index is 0.484. The van der Waals surface area contributed by atoms with Crippen LogP contribution >= 0.6 is 23.2 Å². The molecule has 1 fully saturated rings. The van der Waals surface area contributed by atoms with Crippen molar-refractivity contribution < 1.29 is 4.52 Å². The van der Waals surface area contributed by atoms with Crippen LogP contribution in [0.3, 0.4) is 0 Å². The first-order valence-electron chi connectivity index (χ1n) is 6.70. The van der Waals surface area contributed by atoms with Gasteiger partial charge in [-0.1, -0.05) is 34.4 Å². The third kappa shape index (κ3) is 3.51. The second-order valence-corrected chi connectivity index (χ2v) is 5.77. The van der Waals surface area contributed by atoms with Crippen LogP contribution in [0, 0.1) is 0 Å². The number of nitrogens with zero attached hydrogens (tertiary/aromatic N) is 2. The molecule has 1 saturated carbocycles. The zero-order valence-electron chi connectivity index (χ0n) is 10.9. The van der Waals surface area contributed by atoms with Crippen molar-refractivity contribution in [3.05, 3.63) is 45.5 Å². The lowest BCUT2D eigenvalue weighted by atomic mass is 10.1. The highest BCUT2D eigenvalue weighted by Crippen LogP contribution is 2.26. The van der Waals surface area contributed by atoms with Gasteiger partial charge in [0.25, 0.3) is 0 Å². The van der Waals surface area contributed by atoms with Crippen molar-refractivity contribution in [2.75, 3.05) is 6.54 Å². The van der Waals surface area contributed by atoms with Gasteiger partial charge in [0.1, 0.15) is 0 Å². The molecule has 20 heavy (non-hydrogen) atoms. The molecule has 1 N–H and O–H groups in total. The molecule has 0 unspecified atom stereocenters. The molecule has 4 nitrogen and oxygen atoms in total. The molecule has 6 heteroatoms. The molecule has 1 aliphatic carbocycles. The van der Waals surface area contributed by atoms with Crippen LogP contribution in [0.15, 0.2) is 22.7 Å². The third-order valence-electron chi connectivity index (χ3n) is 3.26. The van der Waals surface area contributed by atoms with Gasteiger partial charge < -0.3 is 9.84 Å². The third-order valence-corrected chi connectivity index (χ3v) is 3.96. The van der Waals surface area contributed by atoms with Gasteiger partial charge in [0, 0.05) is 35.5 Å². The topological polar surface area (TPSA) is 51.0 Å². The van der Waals surface area contributed by atoms with Crippen molar-refractivity contribution in [1.29, 1.82) is 0 Å². The predicted octanol–water partition coefficient (Wildman–Crippen LogP) is 3.26. The van der Waals surface area contributed by atoms with E-state index in [2.05, 4.69) is 15.5 Å². The Morgan fingerprint density at radius 3 is 2.70 bits per heavy atom. The summed E-state index contributed by atoms with van der Waals surface area (Å²) in [4.78, 5) is 4.37. The first-order valence-corrected chi connectivity index (χ1v) is 7.45. The lowest BCUT2D eigenvalue weighted by Crippen LogP contribution is -2.19. The maximum absolute atomic E-state index is 6.13. The first kappa shape index (κ1) is 13.9. The summed E-state index contributed by atoms with van der Waals surface area (Å²) >= 11 is 12.3. The molecule has 0 bridgehead atoms. The summed E-state index contributed by atoms with van der Waals surface area (Å²) in [5.74, 6) is 1.26. The van der Waals surface area contributed by atoms with Crippen molar-refractivity contribution in [3.8, 4) is 0 Å². The molecule has 0 atom stereocenters. The molecular weight excluding hydrogens is 297 g/mol. The Morgan fingerprint density at radius 1 is 1.25 bits per heavy atom. The second-order valence-electron chi connectivity index (χ2n) is 4.96. The predicted molar refractivity (Wildman–Crippen MR) is 78.3 cm³/mol. The summed E-state index contributed by atoms with van der Waals surface area (Å²) < 4.78 is 5.23. The van der Waals surface area contributed by atoms with E-state index in [1.807, 2.05) is 18.2 Å². The minimum absolute atomic E-state index is 0.484. The van der Waals surface area contributed by atoms with Crippen LogP contribution in [0.2, 0.25) is 10.0 Å². The van der Waals surface area contributed by atoms with Crippen LogP contribution in [0.5, 0.6) is 0 Å². The summed E-state index contributed by atoms with van der Waals surface area (Å²) in [5.41, 5.74) is 0.833. The van der Waals surface area contributed by atoms with E-state index in [-0.39, 0.29) is 0 Å². The Hall–Kier alpha value is -1.10. The molecule has 0 saturated heterocycles. The summed E-state index contributed by atoms with van der Waals surface area (Å²) in [7, 11) is 0. The molecule has 1 heterocycles. The van der Waals surface area contributed by atoms with Gasteiger partial charge in [0.15, 0.2) is 5.82 Å². The lowest BCUT2D eigenvalue weighted by Gasteiger charge is -2.03. The largest absolute Gasteiger partial charge is 0.339 e. The van der Waals surface area contributed by atoms with Crippen LogP contribution in [-0.4, -0.2) is 22.7 Å². The Bertz CT molecular complexity index is 576. The van der Waals surface area contributed by atoms with Crippen molar-refractivity contribution in [2.45, 2.75) is 31.7 Å². The number of halogens is 2. The second kappa shape index (κ2) is 6.12. The number of hydrogen-bond acceptors (Lipinski definition) is 4. The van der Waals surface area contributed by atoms with E-state index in [0.29, 0.717) is 34.2 Å². The van der Waals surface area contributed by atoms with Gasteiger partial charge in [-0.3, -0.25) is 0 Å². The van der Waals surface area contributed by atoms with E-state index in [1.54, 1.807) is 0 Å². The Labute approximate surface area is 127 Å². The van der Waals surface area contributed by atoms with E-state index >= 15 is 0 Å². The monoisotopic (exact) mass is 311 g/mol. The molecule has 1 aromatic carbocycles. The first-order chi connectivity index (χ1) is 9.72. The van der Waals surface area contributed by atoms with E-state index in [1.165, 1.54) is 12.8 Å². The van der Waals surface area contributed by atoms with E-state index < -0.39 is 0 Å². The number of hydrogen-bond donors (Lipinski definition) is 1. The number of aromatic nitrogens is 2. The summed E-state index contributed by atoms with van der Waals surface area (Å²) in [6.45, 7) is 0.874. The van der Waals surface area contributed by atoms with Crippen molar-refractivity contribution in [3.63, 3.8) is 0 Å². The SMILES string of the molecule is Clc1cccc(Cl)c1Cc1noc(CCNC2CC2)n1. The molecule has 3 rings (SSSR count). The van der Waals surface area contributed by atoms with Crippen LogP contribution in [0.4, 0.5) is 0 Å². The van der Waals surface area contributed by atoms with Gasteiger partial charge in [0.05, 0.1) is 0 Å². The van der Waals surface area contributed by atoms with Gasteiger partial charge in [-0.05, 0) is 30.5 Å². The van der Waals surface area contributed by atoms with Crippen molar-refractivity contribution >= 4 is 23.2 Å². The Morgan fingerprint density at radius 2 is 2.00 bits per heavy atom. The van der Waals surface area contributed by atoms with Crippen LogP contribution < -0.4 is 5.32 Å². The van der Waals surface area contributed by atoms with E-state index in [9.17, 15) is 0 Å². The number of benzene rings is 1. The lowest BCUT2D eigenvalue weighted by molar-refractivity contribution is 0.371. The summed E-state index contributed by atoms with van der Waals surface area (Å²) in [5, 5.41) is 8.64. The molecule has 0 spiro atoms. The average molecular weight is 312 g/mol. The fourth-order valence-corrected chi connectivity index (χ4v) is 2.52. The maximum atomic E-state index is 6.13. The highest BCUT2D eigenvalue weighted by atomic mass is 35.5. The average Bonchev–Trinajstić information content (AvgIpc) is 3.13. The van der Waals surface area contributed by atoms with E-state index in [4.69, 9.17) is 27.7 Å². The zero-order valence-corrected chi connectivity index (χ0v) is 12.4. The van der Waals surface area contributed by atoms with E-state index in [0.717, 1.165) is 18.5 Å². The highest BCUT2D eigenvalue weighted by molar-refractivity contribution is 6.36. The maximum Gasteiger partial charge on any atom is 0.227 e. The van der Waals surface area contributed by atoms with Gasteiger partial charge in [0.2, 0.25) is 5.89 Å². The molecule has 106 valence electrons. The Kier molecular flexibility index (Phi) is 4.24. The fourth-order valence-electron chi connectivity index (χ4n) is 1.99. The molecule has 1 aromatic heterocycles. The summed E-state index contributed by atoms with van der Waals surface area (Å²) in [6.07, 6.45) is 3.79. The zero-order chi connectivity index (χ0) is 13.9. The van der Waals surface area contributed by atoms with Crippen LogP contribution in [0.1, 0.15) is 30.1 Å². The quantitative estimate of drug-likeness (QED) is 0.889. The van der Waals surface area contributed by atoms with Gasteiger partial charge in [-0.25, -0.2) is 0 Å². The Balaban J connectivity index is 1.61. The molecule has 0 radical (unpaired) electrons. The van der Waals surface area contributed by atoms with Gasteiger partial charge in [-0.15, -0.1) is 0 Å². The van der Waals surface area contributed by atoms with Crippen LogP contribution in [-0.2, 0) is 12.8 Å². The molecule has 0 aliphatic heterocycles. The van der Waals surface area contributed by atoms with Crippen molar-refractivity contribution in [2.24, 2.45) is 0 Å². The molecule has 1 aliphatic rings. The molecular formula is C14H15Cl2N3O. The highest BCUT2D eigenvalue weighted by Gasteiger charge is 2.20. The smallest absolute Gasteiger partial charge is 0.227 e. The fraction of sp³-hybridized carbons (Fsp3) is 0.429. The number of rotatable bonds is 6. The minimum Gasteiger partial charge on any atom is -0.339 e. The molecule has 0 amide bonds.